The SMILES string of the molecule is O[C@H](C/C=C/C[C@H](O)c1ccco1)c1ccco1. The molecular formula is C14H16O4. The predicted octanol–water partition coefficient (Wildman–Crippen LogP) is 2.98. The lowest BCUT2D eigenvalue weighted by atomic mass is 10.1. The Morgan fingerprint density at radius 2 is 1.33 bits per heavy atom. The molecule has 2 rings (SSSR count). The second kappa shape index (κ2) is 6.23. The second-order valence-electron chi connectivity index (χ2n) is 4.01. The average molecular weight is 248 g/mol. The van der Waals surface area contributed by atoms with Crippen molar-refractivity contribution in [3.8, 4) is 0 Å². The summed E-state index contributed by atoms with van der Waals surface area (Å²) in [6.07, 6.45) is 6.33. The highest BCUT2D eigenvalue weighted by Crippen LogP contribution is 2.19. The molecule has 0 spiro atoms. The van der Waals surface area contributed by atoms with Crippen LogP contribution in [0.2, 0.25) is 0 Å². The molecule has 2 aromatic heterocycles. The summed E-state index contributed by atoms with van der Waals surface area (Å²) >= 11 is 0. The number of furan rings is 2. The molecule has 96 valence electrons. The summed E-state index contributed by atoms with van der Waals surface area (Å²) < 4.78 is 10.2. The zero-order chi connectivity index (χ0) is 12.8. The van der Waals surface area contributed by atoms with Crippen molar-refractivity contribution in [1.29, 1.82) is 0 Å². The monoisotopic (exact) mass is 248 g/mol. The van der Waals surface area contributed by atoms with Gasteiger partial charge in [-0.15, -0.1) is 0 Å². The molecule has 0 fully saturated rings. The molecule has 4 nitrogen and oxygen atoms in total. The Balaban J connectivity index is 1.75. The van der Waals surface area contributed by atoms with Gasteiger partial charge in [0, 0.05) is 0 Å². The number of rotatable bonds is 6. The normalized spacial score (nSPS) is 15.0. The van der Waals surface area contributed by atoms with Crippen molar-refractivity contribution in [2.45, 2.75) is 25.0 Å². The van der Waals surface area contributed by atoms with Gasteiger partial charge >= 0.3 is 0 Å². The molecule has 2 atom stereocenters. The van der Waals surface area contributed by atoms with Gasteiger partial charge in [-0.05, 0) is 37.1 Å². The zero-order valence-electron chi connectivity index (χ0n) is 9.90. The maximum atomic E-state index is 9.73. The van der Waals surface area contributed by atoms with E-state index in [9.17, 15) is 10.2 Å². The highest BCUT2D eigenvalue weighted by Gasteiger charge is 2.09. The van der Waals surface area contributed by atoms with Crippen LogP contribution in [0, 0.1) is 0 Å². The molecule has 0 bridgehead atoms. The van der Waals surface area contributed by atoms with Crippen LogP contribution in [-0.2, 0) is 0 Å². The van der Waals surface area contributed by atoms with E-state index in [1.807, 2.05) is 12.2 Å². The van der Waals surface area contributed by atoms with E-state index in [4.69, 9.17) is 8.83 Å². The van der Waals surface area contributed by atoms with Crippen molar-refractivity contribution in [3.63, 3.8) is 0 Å². The van der Waals surface area contributed by atoms with E-state index in [0.717, 1.165) is 0 Å². The predicted molar refractivity (Wildman–Crippen MR) is 65.7 cm³/mol. The van der Waals surface area contributed by atoms with E-state index in [2.05, 4.69) is 0 Å². The standard InChI is InChI=1S/C14H16O4/c15-11(13-7-3-9-17-13)5-1-2-6-12(16)14-8-4-10-18-14/h1-4,7-12,15-16H,5-6H2/b2-1+/t11-,12+. The van der Waals surface area contributed by atoms with E-state index in [1.54, 1.807) is 24.3 Å². The van der Waals surface area contributed by atoms with Crippen LogP contribution in [0.3, 0.4) is 0 Å². The summed E-state index contributed by atoms with van der Waals surface area (Å²) in [4.78, 5) is 0. The summed E-state index contributed by atoms with van der Waals surface area (Å²) in [5, 5.41) is 19.5. The second-order valence-corrected chi connectivity index (χ2v) is 4.01. The van der Waals surface area contributed by atoms with Crippen LogP contribution in [-0.4, -0.2) is 10.2 Å². The zero-order valence-corrected chi connectivity index (χ0v) is 9.90. The van der Waals surface area contributed by atoms with E-state index < -0.39 is 12.2 Å². The molecular weight excluding hydrogens is 232 g/mol. The average Bonchev–Trinajstić information content (AvgIpc) is 3.05. The van der Waals surface area contributed by atoms with Crippen LogP contribution in [0.4, 0.5) is 0 Å². The van der Waals surface area contributed by atoms with Gasteiger partial charge in [-0.25, -0.2) is 0 Å². The Labute approximate surface area is 105 Å². The quantitative estimate of drug-likeness (QED) is 0.771. The first kappa shape index (κ1) is 12.7. The van der Waals surface area contributed by atoms with Gasteiger partial charge in [-0.2, -0.15) is 0 Å². The number of hydrogen-bond acceptors (Lipinski definition) is 4. The minimum atomic E-state index is -0.642. The lowest BCUT2D eigenvalue weighted by molar-refractivity contribution is 0.149. The van der Waals surface area contributed by atoms with Gasteiger partial charge in [0.15, 0.2) is 0 Å². The minimum Gasteiger partial charge on any atom is -0.467 e. The molecule has 0 aromatic carbocycles. The molecule has 0 saturated carbocycles. The molecule has 2 aromatic rings. The van der Waals surface area contributed by atoms with Crippen molar-refractivity contribution in [1.82, 2.24) is 0 Å². The largest absolute Gasteiger partial charge is 0.467 e. The van der Waals surface area contributed by atoms with Crippen molar-refractivity contribution >= 4 is 0 Å². The van der Waals surface area contributed by atoms with E-state index >= 15 is 0 Å². The van der Waals surface area contributed by atoms with Gasteiger partial charge in [0.2, 0.25) is 0 Å². The van der Waals surface area contributed by atoms with Crippen molar-refractivity contribution in [2.24, 2.45) is 0 Å². The van der Waals surface area contributed by atoms with Crippen LogP contribution in [0.1, 0.15) is 36.6 Å². The third-order valence-corrected chi connectivity index (χ3v) is 2.63. The van der Waals surface area contributed by atoms with Crippen molar-refractivity contribution in [3.05, 3.63) is 60.5 Å². The maximum absolute atomic E-state index is 9.73. The Bertz CT molecular complexity index is 412. The Kier molecular flexibility index (Phi) is 4.39. The molecule has 0 unspecified atom stereocenters. The molecule has 0 aliphatic carbocycles. The molecule has 0 saturated heterocycles. The van der Waals surface area contributed by atoms with E-state index in [-0.39, 0.29) is 0 Å². The molecule has 18 heavy (non-hydrogen) atoms. The molecule has 0 aliphatic heterocycles. The molecule has 0 amide bonds. The summed E-state index contributed by atoms with van der Waals surface area (Å²) in [6.45, 7) is 0. The van der Waals surface area contributed by atoms with Crippen LogP contribution < -0.4 is 0 Å². The van der Waals surface area contributed by atoms with Gasteiger partial charge in [0.05, 0.1) is 12.5 Å². The summed E-state index contributed by atoms with van der Waals surface area (Å²) in [7, 11) is 0. The first-order valence-electron chi connectivity index (χ1n) is 5.85. The lowest BCUT2D eigenvalue weighted by Crippen LogP contribution is -1.94. The van der Waals surface area contributed by atoms with Gasteiger partial charge in [0.25, 0.3) is 0 Å². The maximum Gasteiger partial charge on any atom is 0.132 e. The van der Waals surface area contributed by atoms with Crippen LogP contribution in [0.15, 0.2) is 57.8 Å². The van der Waals surface area contributed by atoms with E-state index in [1.165, 1.54) is 12.5 Å². The third kappa shape index (κ3) is 3.35. The summed E-state index contributed by atoms with van der Waals surface area (Å²) in [5.41, 5.74) is 0. The smallest absolute Gasteiger partial charge is 0.132 e. The fourth-order valence-corrected chi connectivity index (χ4v) is 1.64. The van der Waals surface area contributed by atoms with Gasteiger partial charge in [-0.3, -0.25) is 0 Å². The number of aliphatic hydroxyl groups is 2. The fourth-order valence-electron chi connectivity index (χ4n) is 1.64. The molecule has 0 aliphatic rings. The van der Waals surface area contributed by atoms with Crippen LogP contribution in [0.5, 0.6) is 0 Å². The Morgan fingerprint density at radius 1 is 0.889 bits per heavy atom. The highest BCUT2D eigenvalue weighted by atomic mass is 16.4. The number of hydrogen-bond donors (Lipinski definition) is 2. The highest BCUT2D eigenvalue weighted by molar-refractivity contribution is 5.05. The molecule has 0 radical (unpaired) electrons. The summed E-state index contributed by atoms with van der Waals surface area (Å²) in [6, 6.07) is 6.94. The van der Waals surface area contributed by atoms with Crippen molar-refractivity contribution in [2.75, 3.05) is 0 Å². The molecule has 2 heterocycles. The minimum absolute atomic E-state index is 0.457. The lowest BCUT2D eigenvalue weighted by Gasteiger charge is -2.05. The van der Waals surface area contributed by atoms with Gasteiger partial charge < -0.3 is 19.0 Å². The molecule has 4 heteroatoms. The summed E-state index contributed by atoms with van der Waals surface area (Å²) in [5.74, 6) is 1.09. The fraction of sp³-hybridized carbons (Fsp3) is 0.286. The Hall–Kier alpha value is -1.78. The Morgan fingerprint density at radius 3 is 1.67 bits per heavy atom. The van der Waals surface area contributed by atoms with Gasteiger partial charge in [0.1, 0.15) is 23.7 Å². The van der Waals surface area contributed by atoms with Crippen LogP contribution in [0.25, 0.3) is 0 Å². The van der Waals surface area contributed by atoms with Crippen molar-refractivity contribution < 1.29 is 19.0 Å². The van der Waals surface area contributed by atoms with Crippen LogP contribution >= 0.6 is 0 Å². The first-order chi connectivity index (χ1) is 8.77. The topological polar surface area (TPSA) is 66.7 Å². The van der Waals surface area contributed by atoms with E-state index in [0.29, 0.717) is 24.4 Å². The number of aliphatic hydroxyl groups excluding tert-OH is 2. The third-order valence-electron chi connectivity index (χ3n) is 2.63. The first-order valence-corrected chi connectivity index (χ1v) is 5.85. The molecule has 2 N–H and O–H groups in total. The van der Waals surface area contributed by atoms with Gasteiger partial charge in [-0.1, -0.05) is 12.2 Å².